The zero-order valence-electron chi connectivity index (χ0n) is 14.5. The van der Waals surface area contributed by atoms with Crippen molar-refractivity contribution in [3.8, 4) is 0 Å². The Morgan fingerprint density at radius 2 is 2.04 bits per heavy atom. The molecule has 0 amide bonds. The first-order valence-electron chi connectivity index (χ1n) is 8.26. The van der Waals surface area contributed by atoms with Crippen molar-refractivity contribution in [3.63, 3.8) is 0 Å². The number of pyridine rings is 1. The molecular weight excluding hydrogens is 332 g/mol. The van der Waals surface area contributed by atoms with E-state index in [0.717, 1.165) is 34.2 Å². The number of hydrogen-bond donors (Lipinski definition) is 1. The summed E-state index contributed by atoms with van der Waals surface area (Å²) >= 11 is 1.74. The number of nitrogens with one attached hydrogen (secondary N) is 1. The maximum atomic E-state index is 12.6. The van der Waals surface area contributed by atoms with Crippen molar-refractivity contribution in [1.29, 1.82) is 0 Å². The highest BCUT2D eigenvalue weighted by Gasteiger charge is 2.14. The zero-order valence-corrected chi connectivity index (χ0v) is 15.4. The molecule has 3 heterocycles. The Labute approximate surface area is 149 Å². The molecule has 6 heteroatoms. The molecule has 0 radical (unpaired) electrons. The van der Waals surface area contributed by atoms with Crippen molar-refractivity contribution in [2.75, 3.05) is 0 Å². The van der Waals surface area contributed by atoms with E-state index in [1.807, 2.05) is 0 Å². The van der Waals surface area contributed by atoms with Gasteiger partial charge in [-0.3, -0.25) is 0 Å². The molecule has 0 bridgehead atoms. The number of aryl methyl sites for hydroxylation is 3. The first-order chi connectivity index (χ1) is 12.0. The fourth-order valence-electron chi connectivity index (χ4n) is 3.32. The minimum absolute atomic E-state index is 0.106. The summed E-state index contributed by atoms with van der Waals surface area (Å²) in [7, 11) is 1.70. The van der Waals surface area contributed by atoms with Gasteiger partial charge in [-0.2, -0.15) is 0 Å². The Balaban J connectivity index is 1.85. The number of aromatic nitrogens is 3. The Kier molecular flexibility index (Phi) is 3.94. The van der Waals surface area contributed by atoms with Gasteiger partial charge in [0.15, 0.2) is 5.65 Å². The summed E-state index contributed by atoms with van der Waals surface area (Å²) in [6.45, 7) is 5.62. The monoisotopic (exact) mass is 352 g/mol. The van der Waals surface area contributed by atoms with Gasteiger partial charge in [0, 0.05) is 36.0 Å². The van der Waals surface area contributed by atoms with E-state index < -0.39 is 0 Å². The van der Waals surface area contributed by atoms with Gasteiger partial charge in [-0.25, -0.2) is 13.9 Å². The Morgan fingerprint density at radius 1 is 1.20 bits per heavy atom. The van der Waals surface area contributed by atoms with Crippen LogP contribution in [-0.4, -0.2) is 14.2 Å². The standard InChI is InChI=1S/C19H20N4OS/c1-12-7-13(2)16-9-14(10-20-11-15-5-4-6-25-15)18-21-22(3)19(24)23(18)17(16)8-12/h4-9,20H,10-11H2,1-3H3. The van der Waals surface area contributed by atoms with E-state index in [9.17, 15) is 4.79 Å². The van der Waals surface area contributed by atoms with Gasteiger partial charge < -0.3 is 5.32 Å². The molecule has 0 spiro atoms. The molecular formula is C19H20N4OS. The fourth-order valence-corrected chi connectivity index (χ4v) is 4.00. The van der Waals surface area contributed by atoms with Crippen molar-refractivity contribution in [3.05, 3.63) is 67.8 Å². The van der Waals surface area contributed by atoms with Crippen LogP contribution in [0.3, 0.4) is 0 Å². The van der Waals surface area contributed by atoms with Gasteiger partial charge in [-0.1, -0.05) is 12.1 Å². The van der Waals surface area contributed by atoms with Crippen molar-refractivity contribution in [2.45, 2.75) is 26.9 Å². The summed E-state index contributed by atoms with van der Waals surface area (Å²) in [5, 5.41) is 11.1. The van der Waals surface area contributed by atoms with Gasteiger partial charge in [0.1, 0.15) is 0 Å². The lowest BCUT2D eigenvalue weighted by atomic mass is 10.0. The topological polar surface area (TPSA) is 51.3 Å². The van der Waals surface area contributed by atoms with Crippen LogP contribution < -0.4 is 11.0 Å². The molecule has 0 saturated heterocycles. The first-order valence-corrected chi connectivity index (χ1v) is 9.14. The van der Waals surface area contributed by atoms with Crippen LogP contribution in [0.4, 0.5) is 0 Å². The highest BCUT2D eigenvalue weighted by Crippen LogP contribution is 2.24. The average Bonchev–Trinajstić information content (AvgIpc) is 3.17. The van der Waals surface area contributed by atoms with E-state index in [1.54, 1.807) is 22.8 Å². The zero-order chi connectivity index (χ0) is 17.6. The molecule has 1 N–H and O–H groups in total. The van der Waals surface area contributed by atoms with Crippen molar-refractivity contribution in [1.82, 2.24) is 19.5 Å². The quantitative estimate of drug-likeness (QED) is 0.614. The average molecular weight is 352 g/mol. The van der Waals surface area contributed by atoms with E-state index in [4.69, 9.17) is 0 Å². The first kappa shape index (κ1) is 16.1. The molecule has 0 aliphatic heterocycles. The molecule has 4 aromatic rings. The van der Waals surface area contributed by atoms with E-state index in [-0.39, 0.29) is 5.69 Å². The summed E-state index contributed by atoms with van der Waals surface area (Å²) in [5.41, 5.74) is 4.90. The molecule has 0 fully saturated rings. The Morgan fingerprint density at radius 3 is 2.80 bits per heavy atom. The van der Waals surface area contributed by atoms with Crippen LogP contribution in [0.2, 0.25) is 0 Å². The number of benzene rings is 1. The predicted molar refractivity (Wildman–Crippen MR) is 102 cm³/mol. The summed E-state index contributed by atoms with van der Waals surface area (Å²) in [4.78, 5) is 13.9. The lowest BCUT2D eigenvalue weighted by molar-refractivity contribution is 0.700. The summed E-state index contributed by atoms with van der Waals surface area (Å²) in [6, 6.07) is 10.5. The normalized spacial score (nSPS) is 11.6. The van der Waals surface area contributed by atoms with Crippen LogP contribution in [0, 0.1) is 13.8 Å². The van der Waals surface area contributed by atoms with Crippen LogP contribution in [0.1, 0.15) is 21.6 Å². The Hall–Kier alpha value is -2.44. The third-order valence-corrected chi connectivity index (χ3v) is 5.35. The Bertz CT molecular complexity index is 1120. The highest BCUT2D eigenvalue weighted by atomic mass is 32.1. The van der Waals surface area contributed by atoms with Crippen LogP contribution >= 0.6 is 11.3 Å². The van der Waals surface area contributed by atoms with Crippen LogP contribution in [-0.2, 0) is 20.1 Å². The van der Waals surface area contributed by atoms with E-state index >= 15 is 0 Å². The fraction of sp³-hybridized carbons (Fsp3) is 0.263. The lowest BCUT2D eigenvalue weighted by Gasteiger charge is -2.11. The largest absolute Gasteiger partial charge is 0.350 e. The smallest absolute Gasteiger partial charge is 0.308 e. The third-order valence-electron chi connectivity index (χ3n) is 4.48. The summed E-state index contributed by atoms with van der Waals surface area (Å²) in [5.74, 6) is 0. The van der Waals surface area contributed by atoms with E-state index in [2.05, 4.69) is 60.0 Å². The molecule has 128 valence electrons. The van der Waals surface area contributed by atoms with Crippen LogP contribution in [0.15, 0.2) is 40.5 Å². The van der Waals surface area contributed by atoms with Gasteiger partial charge in [0.2, 0.25) is 0 Å². The van der Waals surface area contributed by atoms with E-state index in [1.165, 1.54) is 15.1 Å². The molecule has 4 rings (SSSR count). The molecule has 0 atom stereocenters. The second kappa shape index (κ2) is 6.13. The predicted octanol–water partition coefficient (Wildman–Crippen LogP) is 3.15. The second-order valence-corrected chi connectivity index (χ2v) is 7.46. The third kappa shape index (κ3) is 2.77. The molecule has 0 saturated carbocycles. The van der Waals surface area contributed by atoms with Gasteiger partial charge in [-0.15, -0.1) is 16.4 Å². The molecule has 1 aromatic carbocycles. The molecule has 3 aromatic heterocycles. The van der Waals surface area contributed by atoms with Crippen molar-refractivity contribution >= 4 is 27.9 Å². The van der Waals surface area contributed by atoms with E-state index in [0.29, 0.717) is 6.54 Å². The van der Waals surface area contributed by atoms with Crippen LogP contribution in [0.5, 0.6) is 0 Å². The summed E-state index contributed by atoms with van der Waals surface area (Å²) in [6.07, 6.45) is 0. The number of hydrogen-bond acceptors (Lipinski definition) is 4. The molecule has 5 nitrogen and oxygen atoms in total. The van der Waals surface area contributed by atoms with Crippen molar-refractivity contribution < 1.29 is 0 Å². The number of nitrogens with zero attached hydrogens (tertiary/aromatic N) is 3. The second-order valence-electron chi connectivity index (χ2n) is 6.43. The van der Waals surface area contributed by atoms with Gasteiger partial charge >= 0.3 is 5.69 Å². The molecule has 0 aliphatic rings. The van der Waals surface area contributed by atoms with Gasteiger partial charge in [-0.05, 0) is 48.6 Å². The SMILES string of the molecule is Cc1cc(C)c2cc(CNCc3cccs3)c3nn(C)c(=O)n3c2c1. The minimum Gasteiger partial charge on any atom is -0.308 e. The highest BCUT2D eigenvalue weighted by molar-refractivity contribution is 7.09. The maximum absolute atomic E-state index is 12.6. The molecule has 0 unspecified atom stereocenters. The maximum Gasteiger partial charge on any atom is 0.350 e. The van der Waals surface area contributed by atoms with Crippen molar-refractivity contribution in [2.24, 2.45) is 7.05 Å². The molecule has 0 aliphatic carbocycles. The molecule has 25 heavy (non-hydrogen) atoms. The number of thiophene rings is 1. The number of fused-ring (bicyclic) bond motifs is 3. The van der Waals surface area contributed by atoms with Crippen LogP contribution in [0.25, 0.3) is 16.6 Å². The summed E-state index contributed by atoms with van der Waals surface area (Å²) < 4.78 is 3.15. The minimum atomic E-state index is -0.106. The lowest BCUT2D eigenvalue weighted by Crippen LogP contribution is -2.19. The number of rotatable bonds is 4. The van der Waals surface area contributed by atoms with Gasteiger partial charge in [0.25, 0.3) is 0 Å². The van der Waals surface area contributed by atoms with Gasteiger partial charge in [0.05, 0.1) is 5.52 Å².